The molecule has 5 rings (SSSR count). The summed E-state index contributed by atoms with van der Waals surface area (Å²) in [6.45, 7) is 4.86. The van der Waals surface area contributed by atoms with Gasteiger partial charge in [0.1, 0.15) is 17.3 Å². The number of amides is 2. The first-order valence-electron chi connectivity index (χ1n) is 15.7. The predicted molar refractivity (Wildman–Crippen MR) is 170 cm³/mol. The number of piperazine rings is 1. The third-order valence-corrected chi connectivity index (χ3v) is 9.70. The lowest BCUT2D eigenvalue weighted by Gasteiger charge is -2.52. The molecule has 1 saturated carbocycles. The minimum absolute atomic E-state index is 0. The third kappa shape index (κ3) is 7.22. The Morgan fingerprint density at radius 1 is 1.02 bits per heavy atom. The van der Waals surface area contributed by atoms with Crippen LogP contribution in [0.2, 0.25) is 0 Å². The highest BCUT2D eigenvalue weighted by Gasteiger charge is 2.54. The Morgan fingerprint density at radius 3 is 2.30 bits per heavy atom. The van der Waals surface area contributed by atoms with Crippen molar-refractivity contribution in [3.63, 3.8) is 0 Å². The van der Waals surface area contributed by atoms with Crippen LogP contribution in [0.4, 0.5) is 0 Å². The Labute approximate surface area is 266 Å². The summed E-state index contributed by atoms with van der Waals surface area (Å²) in [5.41, 5.74) is 1.72. The number of hydrogen-bond donors (Lipinski definition) is 3. The second kappa shape index (κ2) is 14.3. The zero-order chi connectivity index (χ0) is 30.6. The molecule has 3 fully saturated rings. The van der Waals surface area contributed by atoms with E-state index in [1.54, 1.807) is 25.3 Å². The molecule has 2 saturated heterocycles. The van der Waals surface area contributed by atoms with Crippen molar-refractivity contribution in [1.29, 1.82) is 0 Å². The highest BCUT2D eigenvalue weighted by molar-refractivity contribution is 6.00. The van der Waals surface area contributed by atoms with E-state index in [0.717, 1.165) is 43.4 Å². The summed E-state index contributed by atoms with van der Waals surface area (Å²) in [7, 11) is 1.55. The normalized spacial score (nSPS) is 21.2. The summed E-state index contributed by atoms with van der Waals surface area (Å²) in [6, 6.07) is 12.7. The van der Waals surface area contributed by atoms with Crippen molar-refractivity contribution in [2.45, 2.75) is 94.9 Å². The minimum Gasteiger partial charge on any atom is -0.496 e. The third-order valence-electron chi connectivity index (χ3n) is 9.70. The first-order chi connectivity index (χ1) is 20.7. The van der Waals surface area contributed by atoms with Crippen LogP contribution in [0.5, 0.6) is 5.75 Å². The maximum atomic E-state index is 13.8. The second-order valence-electron chi connectivity index (χ2n) is 12.6. The number of nitrogens with zero attached hydrogens (tertiary/aromatic N) is 2. The predicted octanol–water partition coefficient (Wildman–Crippen LogP) is 4.56. The van der Waals surface area contributed by atoms with Crippen LogP contribution in [0.15, 0.2) is 42.5 Å². The van der Waals surface area contributed by atoms with E-state index in [2.05, 4.69) is 41.4 Å². The standard InChI is InChI=1S/C34H45N3O6.ClH/c1-3-4-17-37-30(38)28(22-33(42)13-5-6-14-33)35-32(41)34(37)15-18-36(19-16-34)23-25-9-7-24(8-10-25)20-26-11-12-27(31(39)40)21-29(26)43-2;/h7-12,21,28,42H,3-6,13-20,22-23H2,1-2H3,(H,35,41)(H,39,40);1H/t28-;/m1./s1. The molecule has 2 heterocycles. The number of carbonyl (C=O) groups excluding carboxylic acids is 2. The molecule has 1 spiro atoms. The van der Waals surface area contributed by atoms with E-state index in [4.69, 9.17) is 4.74 Å². The van der Waals surface area contributed by atoms with Gasteiger partial charge in [-0.25, -0.2) is 4.79 Å². The number of halogens is 1. The van der Waals surface area contributed by atoms with E-state index in [1.807, 2.05) is 4.90 Å². The van der Waals surface area contributed by atoms with Crippen molar-refractivity contribution in [2.75, 3.05) is 26.7 Å². The van der Waals surface area contributed by atoms with Gasteiger partial charge in [0.15, 0.2) is 0 Å². The van der Waals surface area contributed by atoms with Crippen LogP contribution in [0.25, 0.3) is 0 Å². The maximum absolute atomic E-state index is 13.8. The number of aromatic carboxylic acids is 1. The van der Waals surface area contributed by atoms with Gasteiger partial charge in [-0.3, -0.25) is 14.5 Å². The van der Waals surface area contributed by atoms with Crippen LogP contribution >= 0.6 is 12.4 Å². The lowest BCUT2D eigenvalue weighted by atomic mass is 9.80. The molecule has 2 amide bonds. The number of likely N-dealkylation sites (tertiary alicyclic amines) is 1. The zero-order valence-electron chi connectivity index (χ0n) is 25.8. The number of carboxylic acid groups (broad SMARTS) is 1. The van der Waals surface area contributed by atoms with Crippen molar-refractivity contribution in [2.24, 2.45) is 0 Å². The van der Waals surface area contributed by atoms with E-state index >= 15 is 0 Å². The summed E-state index contributed by atoms with van der Waals surface area (Å²) in [6.07, 6.45) is 7.22. The van der Waals surface area contributed by atoms with Gasteiger partial charge in [0.25, 0.3) is 0 Å². The second-order valence-corrected chi connectivity index (χ2v) is 12.6. The average Bonchev–Trinajstić information content (AvgIpc) is 3.43. The summed E-state index contributed by atoms with van der Waals surface area (Å²) in [5, 5.41) is 23.3. The van der Waals surface area contributed by atoms with E-state index in [1.165, 1.54) is 5.56 Å². The Hall–Kier alpha value is -3.14. The number of carboxylic acids is 1. The lowest BCUT2D eigenvalue weighted by Crippen LogP contribution is -2.73. The van der Waals surface area contributed by atoms with Gasteiger partial charge in [0.05, 0.1) is 18.3 Å². The van der Waals surface area contributed by atoms with Gasteiger partial charge in [0, 0.05) is 39.0 Å². The monoisotopic (exact) mass is 627 g/mol. The number of hydrogen-bond acceptors (Lipinski definition) is 6. The lowest BCUT2D eigenvalue weighted by molar-refractivity contribution is -0.163. The number of nitrogens with one attached hydrogen (secondary N) is 1. The van der Waals surface area contributed by atoms with Gasteiger partial charge >= 0.3 is 5.97 Å². The van der Waals surface area contributed by atoms with Gasteiger partial charge in [0.2, 0.25) is 11.8 Å². The number of unbranched alkanes of at least 4 members (excludes halogenated alkanes) is 1. The van der Waals surface area contributed by atoms with Crippen molar-refractivity contribution >= 4 is 30.2 Å². The summed E-state index contributed by atoms with van der Waals surface area (Å²) < 4.78 is 5.43. The molecule has 0 radical (unpaired) electrons. The molecule has 0 unspecified atom stereocenters. The molecule has 3 N–H and O–H groups in total. The molecule has 0 aromatic heterocycles. The number of carbonyl (C=O) groups is 3. The van der Waals surface area contributed by atoms with Crippen molar-refractivity contribution in [3.8, 4) is 5.75 Å². The Bertz CT molecular complexity index is 1320. The first-order valence-corrected chi connectivity index (χ1v) is 15.7. The topological polar surface area (TPSA) is 119 Å². The molecule has 2 aromatic carbocycles. The highest BCUT2D eigenvalue weighted by atomic mass is 35.5. The fraction of sp³-hybridized carbons (Fsp3) is 0.559. The first kappa shape index (κ1) is 33.7. The van der Waals surface area contributed by atoms with Crippen molar-refractivity contribution in [3.05, 3.63) is 64.7 Å². The smallest absolute Gasteiger partial charge is 0.335 e. The van der Waals surface area contributed by atoms with Gasteiger partial charge in [-0.1, -0.05) is 56.5 Å². The molecule has 2 aliphatic heterocycles. The molecular weight excluding hydrogens is 582 g/mol. The number of aliphatic hydroxyl groups is 1. The van der Waals surface area contributed by atoms with Crippen LogP contribution in [0.1, 0.15) is 91.8 Å². The van der Waals surface area contributed by atoms with Gasteiger partial charge in [-0.2, -0.15) is 0 Å². The fourth-order valence-corrected chi connectivity index (χ4v) is 7.11. The summed E-state index contributed by atoms with van der Waals surface area (Å²) in [4.78, 5) is 42.9. The molecule has 44 heavy (non-hydrogen) atoms. The molecule has 0 bridgehead atoms. The zero-order valence-corrected chi connectivity index (χ0v) is 26.7. The number of piperidine rings is 1. The molecule has 240 valence electrons. The van der Waals surface area contributed by atoms with Crippen LogP contribution in [0, 0.1) is 0 Å². The molecule has 3 aliphatic rings. The number of ether oxygens (including phenoxy) is 1. The van der Waals surface area contributed by atoms with Crippen LogP contribution in [0.3, 0.4) is 0 Å². The van der Waals surface area contributed by atoms with Crippen LogP contribution in [-0.4, -0.2) is 81.7 Å². The fourth-order valence-electron chi connectivity index (χ4n) is 7.11. The Morgan fingerprint density at radius 2 is 1.68 bits per heavy atom. The SMILES string of the molecule is CCCCN1C(=O)[C@@H](CC2(O)CCCC2)NC(=O)C12CCN(Cc1ccc(Cc3ccc(C(=O)O)cc3OC)cc1)CC2.Cl. The quantitative estimate of drug-likeness (QED) is 0.334. The molecule has 9 nitrogen and oxygen atoms in total. The Balaban J connectivity index is 0.00000442. The van der Waals surface area contributed by atoms with Gasteiger partial charge in [-0.15, -0.1) is 12.4 Å². The molecular formula is C34H46ClN3O6. The van der Waals surface area contributed by atoms with Gasteiger partial charge < -0.3 is 25.2 Å². The van der Waals surface area contributed by atoms with E-state index in [9.17, 15) is 24.6 Å². The van der Waals surface area contributed by atoms with Crippen molar-refractivity contribution in [1.82, 2.24) is 15.1 Å². The molecule has 1 atom stereocenters. The van der Waals surface area contributed by atoms with Gasteiger partial charge in [-0.05, 0) is 60.9 Å². The number of methoxy groups -OCH3 is 1. The molecule has 2 aromatic rings. The summed E-state index contributed by atoms with van der Waals surface area (Å²) >= 11 is 0. The molecule has 1 aliphatic carbocycles. The number of rotatable bonds is 11. The minimum atomic E-state index is -0.981. The summed E-state index contributed by atoms with van der Waals surface area (Å²) in [5.74, 6) is -0.521. The average molecular weight is 628 g/mol. The van der Waals surface area contributed by atoms with Crippen molar-refractivity contribution < 1.29 is 29.3 Å². The number of benzene rings is 2. The van der Waals surface area contributed by atoms with Crippen LogP contribution in [-0.2, 0) is 22.6 Å². The van der Waals surface area contributed by atoms with Crippen LogP contribution < -0.4 is 10.1 Å². The highest BCUT2D eigenvalue weighted by Crippen LogP contribution is 2.38. The largest absolute Gasteiger partial charge is 0.496 e. The maximum Gasteiger partial charge on any atom is 0.335 e. The van der Waals surface area contributed by atoms with E-state index in [0.29, 0.717) is 63.9 Å². The Kier molecular flexibility index (Phi) is 11.0. The van der Waals surface area contributed by atoms with E-state index < -0.39 is 23.2 Å². The van der Waals surface area contributed by atoms with E-state index in [-0.39, 0.29) is 29.8 Å². The molecule has 10 heteroatoms.